The van der Waals surface area contributed by atoms with Crippen LogP contribution < -0.4 is 15.8 Å². The highest BCUT2D eigenvalue weighted by atomic mass is 35.5. The van der Waals surface area contributed by atoms with E-state index in [1.165, 1.54) is 0 Å². The van der Waals surface area contributed by atoms with Crippen molar-refractivity contribution >= 4 is 18.3 Å². The van der Waals surface area contributed by atoms with Crippen molar-refractivity contribution in [3.05, 3.63) is 29.8 Å². The molecule has 0 radical (unpaired) electrons. The van der Waals surface area contributed by atoms with Gasteiger partial charge in [-0.15, -0.1) is 12.4 Å². The molecule has 1 aliphatic rings. The van der Waals surface area contributed by atoms with Gasteiger partial charge < -0.3 is 20.5 Å². The molecule has 0 bridgehead atoms. The molecule has 0 aliphatic heterocycles. The van der Waals surface area contributed by atoms with Crippen LogP contribution in [-0.4, -0.2) is 37.8 Å². The van der Waals surface area contributed by atoms with E-state index in [-0.39, 0.29) is 29.8 Å². The van der Waals surface area contributed by atoms with Crippen LogP contribution >= 0.6 is 12.4 Å². The Labute approximate surface area is 150 Å². The molecule has 1 saturated carbocycles. The third-order valence-corrected chi connectivity index (χ3v) is 5.09. The number of ether oxygens (including phenoxy) is 2. The van der Waals surface area contributed by atoms with Gasteiger partial charge in [0.1, 0.15) is 11.3 Å². The third kappa shape index (κ3) is 3.85. The minimum absolute atomic E-state index is 0. The van der Waals surface area contributed by atoms with Crippen molar-refractivity contribution in [2.45, 2.75) is 45.3 Å². The molecule has 6 heteroatoms. The largest absolute Gasteiger partial charge is 0.497 e. The molecule has 1 amide bonds. The lowest BCUT2D eigenvalue weighted by molar-refractivity contribution is -0.170. The predicted molar refractivity (Wildman–Crippen MR) is 97.7 cm³/mol. The van der Waals surface area contributed by atoms with Crippen LogP contribution in [0.3, 0.4) is 0 Å². The average Bonchev–Trinajstić information content (AvgIpc) is 2.55. The van der Waals surface area contributed by atoms with Crippen molar-refractivity contribution in [3.8, 4) is 5.75 Å². The maximum absolute atomic E-state index is 12.5. The molecule has 0 saturated heterocycles. The highest BCUT2D eigenvalue weighted by Crippen LogP contribution is 2.49. The zero-order valence-electron chi connectivity index (χ0n) is 14.9. The van der Waals surface area contributed by atoms with Crippen LogP contribution in [0.25, 0.3) is 0 Å². The van der Waals surface area contributed by atoms with Crippen molar-refractivity contribution < 1.29 is 14.3 Å². The maximum Gasteiger partial charge on any atom is 0.240 e. The first-order valence-electron chi connectivity index (χ1n) is 8.17. The van der Waals surface area contributed by atoms with Gasteiger partial charge in [-0.25, -0.2) is 0 Å². The van der Waals surface area contributed by atoms with Gasteiger partial charge in [-0.3, -0.25) is 4.79 Å². The number of carbonyl (C=O) groups is 1. The molecule has 0 spiro atoms. The van der Waals surface area contributed by atoms with Crippen molar-refractivity contribution in [1.82, 2.24) is 5.32 Å². The molecule has 3 N–H and O–H groups in total. The fraction of sp³-hybridized carbons (Fsp3) is 0.611. The van der Waals surface area contributed by atoms with Gasteiger partial charge in [0.2, 0.25) is 5.91 Å². The van der Waals surface area contributed by atoms with Gasteiger partial charge >= 0.3 is 0 Å². The van der Waals surface area contributed by atoms with E-state index in [0.717, 1.165) is 17.7 Å². The van der Waals surface area contributed by atoms with Gasteiger partial charge in [0, 0.05) is 25.0 Å². The molecule has 136 valence electrons. The minimum atomic E-state index is -0.854. The number of hydrogen-bond donors (Lipinski definition) is 2. The Kier molecular flexibility index (Phi) is 7.08. The van der Waals surface area contributed by atoms with E-state index in [0.29, 0.717) is 19.6 Å². The third-order valence-electron chi connectivity index (χ3n) is 5.09. The zero-order chi connectivity index (χ0) is 17.1. The quantitative estimate of drug-likeness (QED) is 0.786. The minimum Gasteiger partial charge on any atom is -0.497 e. The summed E-state index contributed by atoms with van der Waals surface area (Å²) in [6.45, 7) is 7.17. The summed E-state index contributed by atoms with van der Waals surface area (Å²) in [6.07, 6.45) is 1.38. The smallest absolute Gasteiger partial charge is 0.240 e. The number of halogens is 1. The first-order chi connectivity index (χ1) is 10.8. The van der Waals surface area contributed by atoms with Gasteiger partial charge in [-0.2, -0.15) is 0 Å². The fourth-order valence-corrected chi connectivity index (χ4v) is 3.09. The molecule has 2 atom stereocenters. The summed E-state index contributed by atoms with van der Waals surface area (Å²) in [5, 5.41) is 2.97. The summed E-state index contributed by atoms with van der Waals surface area (Å²) in [6, 6.07) is 7.84. The number of rotatable bonds is 7. The van der Waals surface area contributed by atoms with Crippen LogP contribution in [0.2, 0.25) is 0 Å². The second-order valence-corrected chi connectivity index (χ2v) is 6.70. The molecule has 0 aromatic heterocycles. The Bertz CT molecular complexity index is 548. The molecule has 2 unspecified atom stereocenters. The summed E-state index contributed by atoms with van der Waals surface area (Å²) in [4.78, 5) is 12.5. The standard InChI is InChI=1S/C18H28N2O3.ClH/c1-5-23-15-12-18(19,17(15,2)3)16(21)20-11-10-13-6-8-14(22-4)9-7-13;/h6-9,15H,5,10-12,19H2,1-4H3,(H,20,21);1H. The van der Waals surface area contributed by atoms with Crippen molar-refractivity contribution in [2.24, 2.45) is 11.1 Å². The maximum atomic E-state index is 12.5. The molecule has 1 aromatic carbocycles. The molecule has 5 nitrogen and oxygen atoms in total. The monoisotopic (exact) mass is 356 g/mol. The number of methoxy groups -OCH3 is 1. The zero-order valence-corrected chi connectivity index (χ0v) is 15.7. The van der Waals surface area contributed by atoms with Gasteiger partial charge in [0.25, 0.3) is 0 Å². The summed E-state index contributed by atoms with van der Waals surface area (Å²) >= 11 is 0. The normalized spacial score (nSPS) is 24.5. The van der Waals surface area contributed by atoms with Crippen molar-refractivity contribution in [1.29, 1.82) is 0 Å². The number of carbonyl (C=O) groups excluding carboxylic acids is 1. The van der Waals surface area contributed by atoms with Crippen LogP contribution in [-0.2, 0) is 16.0 Å². The van der Waals surface area contributed by atoms with E-state index in [9.17, 15) is 4.79 Å². The Balaban J connectivity index is 0.00000288. The second kappa shape index (κ2) is 8.19. The van der Waals surface area contributed by atoms with E-state index in [2.05, 4.69) is 5.32 Å². The van der Waals surface area contributed by atoms with Crippen LogP contribution in [0, 0.1) is 5.41 Å². The van der Waals surface area contributed by atoms with Crippen molar-refractivity contribution in [2.75, 3.05) is 20.3 Å². The summed E-state index contributed by atoms with van der Waals surface area (Å²) in [5.41, 5.74) is 6.30. The van der Waals surface area contributed by atoms with Crippen LogP contribution in [0.15, 0.2) is 24.3 Å². The Hall–Kier alpha value is -1.30. The molecule has 2 rings (SSSR count). The van der Waals surface area contributed by atoms with Crippen LogP contribution in [0.1, 0.15) is 32.8 Å². The van der Waals surface area contributed by atoms with E-state index in [1.807, 2.05) is 45.0 Å². The number of benzene rings is 1. The number of nitrogens with two attached hydrogens (primary N) is 1. The van der Waals surface area contributed by atoms with Gasteiger partial charge in [-0.05, 0) is 31.0 Å². The number of amides is 1. The van der Waals surface area contributed by atoms with Crippen molar-refractivity contribution in [3.63, 3.8) is 0 Å². The predicted octanol–water partition coefficient (Wildman–Crippen LogP) is 2.31. The molecular weight excluding hydrogens is 328 g/mol. The van der Waals surface area contributed by atoms with Gasteiger partial charge in [-0.1, -0.05) is 26.0 Å². The lowest BCUT2D eigenvalue weighted by Gasteiger charge is -2.57. The topological polar surface area (TPSA) is 73.6 Å². The Morgan fingerprint density at radius 2 is 1.96 bits per heavy atom. The molecule has 1 aliphatic carbocycles. The molecular formula is C18H29ClN2O3. The first-order valence-corrected chi connectivity index (χ1v) is 8.17. The summed E-state index contributed by atoms with van der Waals surface area (Å²) < 4.78 is 10.8. The highest BCUT2D eigenvalue weighted by molar-refractivity contribution is 5.88. The number of hydrogen-bond acceptors (Lipinski definition) is 4. The first kappa shape index (κ1) is 20.7. The van der Waals surface area contributed by atoms with Crippen LogP contribution in [0.5, 0.6) is 5.75 Å². The fourth-order valence-electron chi connectivity index (χ4n) is 3.09. The average molecular weight is 357 g/mol. The molecule has 24 heavy (non-hydrogen) atoms. The van der Waals surface area contributed by atoms with Gasteiger partial charge in [0.15, 0.2) is 0 Å². The summed E-state index contributed by atoms with van der Waals surface area (Å²) in [5.74, 6) is 0.740. The SMILES string of the molecule is CCOC1CC(N)(C(=O)NCCc2ccc(OC)cc2)C1(C)C.Cl. The summed E-state index contributed by atoms with van der Waals surface area (Å²) in [7, 11) is 1.64. The Morgan fingerprint density at radius 3 is 2.46 bits per heavy atom. The van der Waals surface area contributed by atoms with Crippen LogP contribution in [0.4, 0.5) is 0 Å². The highest BCUT2D eigenvalue weighted by Gasteiger charge is 2.62. The van der Waals surface area contributed by atoms with E-state index in [1.54, 1.807) is 7.11 Å². The molecule has 1 aromatic rings. The number of nitrogens with one attached hydrogen (secondary N) is 1. The lowest BCUT2D eigenvalue weighted by atomic mass is 9.54. The van der Waals surface area contributed by atoms with Gasteiger partial charge in [0.05, 0.1) is 13.2 Å². The van der Waals surface area contributed by atoms with E-state index in [4.69, 9.17) is 15.2 Å². The molecule has 0 heterocycles. The Morgan fingerprint density at radius 1 is 1.33 bits per heavy atom. The second-order valence-electron chi connectivity index (χ2n) is 6.70. The van der Waals surface area contributed by atoms with E-state index < -0.39 is 5.54 Å². The lowest BCUT2D eigenvalue weighted by Crippen LogP contribution is -2.75. The van der Waals surface area contributed by atoms with E-state index >= 15 is 0 Å². The molecule has 1 fully saturated rings.